The Morgan fingerprint density at radius 1 is 0.882 bits per heavy atom. The molecule has 0 radical (unpaired) electrons. The first-order valence-corrected chi connectivity index (χ1v) is 7.37. The minimum absolute atomic E-state index is 0.811. The van der Waals surface area contributed by atoms with Gasteiger partial charge in [0.15, 0.2) is 0 Å². The van der Waals surface area contributed by atoms with Crippen LogP contribution in [0, 0.1) is 23.7 Å². The third-order valence-corrected chi connectivity index (χ3v) is 4.44. The first-order chi connectivity index (χ1) is 8.02. The molecule has 2 rings (SSSR count). The molecule has 0 aliphatic heterocycles. The Bertz CT molecular complexity index is 289. The predicted molar refractivity (Wildman–Crippen MR) is 75.9 cm³/mol. The minimum Gasteiger partial charge on any atom is -0.0827 e. The summed E-state index contributed by atoms with van der Waals surface area (Å²) < 4.78 is 0. The zero-order valence-corrected chi connectivity index (χ0v) is 12.0. The van der Waals surface area contributed by atoms with Crippen molar-refractivity contribution in [3.8, 4) is 0 Å². The van der Waals surface area contributed by atoms with Gasteiger partial charge in [-0.3, -0.25) is 0 Å². The molecule has 0 N–H and O–H groups in total. The highest BCUT2D eigenvalue weighted by Gasteiger charge is 2.24. The Labute approximate surface area is 107 Å². The smallest absolute Gasteiger partial charge is 0.0257 e. The van der Waals surface area contributed by atoms with Crippen molar-refractivity contribution in [2.45, 2.75) is 59.8 Å². The first-order valence-electron chi connectivity index (χ1n) is 7.37. The maximum atomic E-state index is 2.48. The van der Waals surface area contributed by atoms with Gasteiger partial charge < -0.3 is 0 Å². The summed E-state index contributed by atoms with van der Waals surface area (Å²) in [4.78, 5) is 0. The van der Waals surface area contributed by atoms with Crippen molar-refractivity contribution in [3.63, 3.8) is 0 Å². The van der Waals surface area contributed by atoms with Crippen molar-refractivity contribution in [3.05, 3.63) is 23.3 Å². The number of rotatable bonds is 2. The Morgan fingerprint density at radius 3 is 1.65 bits per heavy atom. The molecule has 0 aromatic carbocycles. The second-order valence-electron chi connectivity index (χ2n) is 6.83. The van der Waals surface area contributed by atoms with E-state index in [0.717, 1.165) is 23.7 Å². The van der Waals surface area contributed by atoms with Crippen LogP contribution in [0.1, 0.15) is 59.8 Å². The van der Waals surface area contributed by atoms with Gasteiger partial charge in [0.2, 0.25) is 0 Å². The van der Waals surface area contributed by atoms with E-state index < -0.39 is 0 Å². The van der Waals surface area contributed by atoms with Gasteiger partial charge in [-0.15, -0.1) is 0 Å². The van der Waals surface area contributed by atoms with Crippen LogP contribution in [0.5, 0.6) is 0 Å². The van der Waals surface area contributed by atoms with Crippen LogP contribution in [0.4, 0.5) is 0 Å². The molecule has 4 unspecified atom stereocenters. The largest absolute Gasteiger partial charge is 0.0827 e. The topological polar surface area (TPSA) is 0 Å². The average molecular weight is 232 g/mol. The highest BCUT2D eigenvalue weighted by Crippen LogP contribution is 2.37. The molecule has 0 aromatic heterocycles. The van der Waals surface area contributed by atoms with Gasteiger partial charge in [-0.05, 0) is 69.6 Å². The van der Waals surface area contributed by atoms with Crippen LogP contribution >= 0.6 is 0 Å². The molecule has 2 aliphatic rings. The molecule has 2 aliphatic carbocycles. The molecule has 96 valence electrons. The summed E-state index contributed by atoms with van der Waals surface area (Å²) in [6, 6.07) is 0. The minimum atomic E-state index is 0.811. The molecule has 0 bridgehead atoms. The monoisotopic (exact) mass is 232 g/mol. The SMILES string of the molecule is CC1=CC(C)CC(CC2CC(C)=CC(C)C2)C1. The van der Waals surface area contributed by atoms with Gasteiger partial charge in [-0.2, -0.15) is 0 Å². The molecule has 0 nitrogen and oxygen atoms in total. The second-order valence-corrected chi connectivity index (χ2v) is 6.83. The van der Waals surface area contributed by atoms with Gasteiger partial charge in [-0.1, -0.05) is 37.1 Å². The molecule has 4 atom stereocenters. The Kier molecular flexibility index (Phi) is 4.12. The van der Waals surface area contributed by atoms with Crippen molar-refractivity contribution in [2.75, 3.05) is 0 Å². The summed E-state index contributed by atoms with van der Waals surface area (Å²) in [6.45, 7) is 9.39. The van der Waals surface area contributed by atoms with Gasteiger partial charge in [0.1, 0.15) is 0 Å². The fourth-order valence-corrected chi connectivity index (χ4v) is 4.20. The molecule has 0 spiro atoms. The second kappa shape index (κ2) is 5.42. The van der Waals surface area contributed by atoms with Crippen LogP contribution in [0.3, 0.4) is 0 Å². The van der Waals surface area contributed by atoms with E-state index in [-0.39, 0.29) is 0 Å². The number of hydrogen-bond donors (Lipinski definition) is 0. The number of allylic oxidation sites excluding steroid dienone is 4. The zero-order valence-electron chi connectivity index (χ0n) is 12.0. The summed E-state index contributed by atoms with van der Waals surface area (Å²) in [5.41, 5.74) is 3.26. The first kappa shape index (κ1) is 12.9. The molecule has 0 heteroatoms. The van der Waals surface area contributed by atoms with Gasteiger partial charge in [-0.25, -0.2) is 0 Å². The lowest BCUT2D eigenvalue weighted by Gasteiger charge is -2.32. The Hall–Kier alpha value is -0.520. The lowest BCUT2D eigenvalue weighted by Crippen LogP contribution is -2.19. The summed E-state index contributed by atoms with van der Waals surface area (Å²) in [5, 5.41) is 0. The van der Waals surface area contributed by atoms with E-state index >= 15 is 0 Å². The van der Waals surface area contributed by atoms with E-state index in [1.54, 1.807) is 11.1 Å². The predicted octanol–water partition coefficient (Wildman–Crippen LogP) is 5.36. The molecule has 0 heterocycles. The third kappa shape index (κ3) is 3.72. The molecular formula is C17H28. The van der Waals surface area contributed by atoms with Gasteiger partial charge >= 0.3 is 0 Å². The molecule has 0 amide bonds. The molecule has 0 saturated carbocycles. The summed E-state index contributed by atoms with van der Waals surface area (Å²) in [5.74, 6) is 3.54. The quantitative estimate of drug-likeness (QED) is 0.562. The van der Waals surface area contributed by atoms with Crippen molar-refractivity contribution in [1.82, 2.24) is 0 Å². The van der Waals surface area contributed by atoms with Crippen molar-refractivity contribution in [2.24, 2.45) is 23.7 Å². The highest BCUT2D eigenvalue weighted by molar-refractivity contribution is 5.09. The summed E-state index contributed by atoms with van der Waals surface area (Å²) >= 11 is 0. The van der Waals surface area contributed by atoms with Gasteiger partial charge in [0.05, 0.1) is 0 Å². The molecule has 0 saturated heterocycles. The molecular weight excluding hydrogens is 204 g/mol. The maximum absolute atomic E-state index is 2.48. The van der Waals surface area contributed by atoms with E-state index in [1.165, 1.54) is 32.1 Å². The molecule has 0 aromatic rings. The molecule has 17 heavy (non-hydrogen) atoms. The van der Waals surface area contributed by atoms with Crippen LogP contribution in [-0.4, -0.2) is 0 Å². The lowest BCUT2D eigenvalue weighted by molar-refractivity contribution is 0.280. The van der Waals surface area contributed by atoms with Crippen LogP contribution in [0.2, 0.25) is 0 Å². The van der Waals surface area contributed by atoms with E-state index in [4.69, 9.17) is 0 Å². The lowest BCUT2D eigenvalue weighted by atomic mass is 9.74. The van der Waals surface area contributed by atoms with Gasteiger partial charge in [0.25, 0.3) is 0 Å². The average Bonchev–Trinajstić information content (AvgIpc) is 2.13. The van der Waals surface area contributed by atoms with Crippen LogP contribution in [0.15, 0.2) is 23.3 Å². The summed E-state index contributed by atoms with van der Waals surface area (Å²) in [7, 11) is 0. The van der Waals surface area contributed by atoms with Crippen LogP contribution in [-0.2, 0) is 0 Å². The van der Waals surface area contributed by atoms with E-state index in [2.05, 4.69) is 39.8 Å². The Balaban J connectivity index is 1.90. The van der Waals surface area contributed by atoms with Crippen molar-refractivity contribution < 1.29 is 0 Å². The molecule has 0 fully saturated rings. The van der Waals surface area contributed by atoms with Crippen LogP contribution < -0.4 is 0 Å². The standard InChI is InChI=1S/C17H28/c1-12-5-13(2)8-16(7-12)11-17-9-14(3)6-15(4)10-17/h5-6,12,14,16-17H,7-11H2,1-4H3. The maximum Gasteiger partial charge on any atom is -0.0257 e. The van der Waals surface area contributed by atoms with Crippen molar-refractivity contribution >= 4 is 0 Å². The normalized spacial score (nSPS) is 38.6. The fraction of sp³-hybridized carbons (Fsp3) is 0.765. The van der Waals surface area contributed by atoms with E-state index in [1.807, 2.05) is 0 Å². The third-order valence-electron chi connectivity index (χ3n) is 4.44. The summed E-state index contributed by atoms with van der Waals surface area (Å²) in [6.07, 6.45) is 12.0. The Morgan fingerprint density at radius 2 is 1.29 bits per heavy atom. The van der Waals surface area contributed by atoms with Crippen molar-refractivity contribution in [1.29, 1.82) is 0 Å². The zero-order chi connectivity index (χ0) is 12.4. The fourth-order valence-electron chi connectivity index (χ4n) is 4.20. The van der Waals surface area contributed by atoms with E-state index in [0.29, 0.717) is 0 Å². The van der Waals surface area contributed by atoms with E-state index in [9.17, 15) is 0 Å². The van der Waals surface area contributed by atoms with Gasteiger partial charge in [0, 0.05) is 0 Å². The highest BCUT2D eigenvalue weighted by atomic mass is 14.3. The van der Waals surface area contributed by atoms with Crippen LogP contribution in [0.25, 0.3) is 0 Å². The number of hydrogen-bond acceptors (Lipinski definition) is 0.